The summed E-state index contributed by atoms with van der Waals surface area (Å²) in [5.74, 6) is -1.13. The highest BCUT2D eigenvalue weighted by Crippen LogP contribution is 2.31. The van der Waals surface area contributed by atoms with Crippen molar-refractivity contribution in [2.75, 3.05) is 5.75 Å². The van der Waals surface area contributed by atoms with Crippen molar-refractivity contribution in [1.82, 2.24) is 0 Å². The molecule has 0 aliphatic carbocycles. The standard InChI is InChI=1S/C22H17ClN2O5S/c23-17-7-8-19(16(11-17)10-14-4-2-1-3-5-14)30-21(26)13-31-20-9-6-15(22(24)27)12-18(20)25(28)29/h1-9,11-12H,10,13H2,(H2,24,27). The first kappa shape index (κ1) is 22.3. The number of halogens is 1. The van der Waals surface area contributed by atoms with Gasteiger partial charge in [-0.15, -0.1) is 11.8 Å². The minimum atomic E-state index is -0.771. The van der Waals surface area contributed by atoms with E-state index >= 15 is 0 Å². The maximum atomic E-state index is 12.4. The van der Waals surface area contributed by atoms with Crippen LogP contribution < -0.4 is 10.5 Å². The largest absolute Gasteiger partial charge is 0.426 e. The fraction of sp³-hybridized carbons (Fsp3) is 0.0909. The minimum Gasteiger partial charge on any atom is -0.426 e. The number of benzene rings is 3. The van der Waals surface area contributed by atoms with Crippen molar-refractivity contribution in [3.05, 3.63) is 98.6 Å². The van der Waals surface area contributed by atoms with Crippen molar-refractivity contribution < 1.29 is 19.2 Å². The van der Waals surface area contributed by atoms with Crippen LogP contribution in [0.5, 0.6) is 5.75 Å². The summed E-state index contributed by atoms with van der Waals surface area (Å²) in [5, 5.41) is 11.8. The molecule has 3 aromatic rings. The first-order chi connectivity index (χ1) is 14.8. The molecule has 0 heterocycles. The molecule has 0 saturated heterocycles. The Bertz CT molecular complexity index is 1140. The van der Waals surface area contributed by atoms with Crippen LogP contribution in [-0.2, 0) is 11.2 Å². The van der Waals surface area contributed by atoms with Gasteiger partial charge in [-0.25, -0.2) is 0 Å². The van der Waals surface area contributed by atoms with Crippen LogP contribution in [-0.4, -0.2) is 22.6 Å². The average molecular weight is 457 g/mol. The molecule has 0 aromatic heterocycles. The Labute approximate surface area is 187 Å². The number of amides is 1. The number of carbonyl (C=O) groups is 2. The van der Waals surface area contributed by atoms with Crippen molar-refractivity contribution in [2.24, 2.45) is 5.73 Å². The molecular weight excluding hydrogens is 440 g/mol. The highest BCUT2D eigenvalue weighted by Gasteiger charge is 2.19. The van der Waals surface area contributed by atoms with Gasteiger partial charge in [0.25, 0.3) is 5.69 Å². The van der Waals surface area contributed by atoms with Crippen LogP contribution in [0.4, 0.5) is 5.69 Å². The molecule has 0 aliphatic heterocycles. The van der Waals surface area contributed by atoms with E-state index in [-0.39, 0.29) is 21.9 Å². The lowest BCUT2D eigenvalue weighted by atomic mass is 10.0. The third-order valence-electron chi connectivity index (χ3n) is 4.27. The molecule has 158 valence electrons. The number of rotatable bonds is 8. The fourth-order valence-corrected chi connectivity index (χ4v) is 3.80. The van der Waals surface area contributed by atoms with Gasteiger partial charge in [-0.1, -0.05) is 41.9 Å². The van der Waals surface area contributed by atoms with Gasteiger partial charge < -0.3 is 10.5 Å². The van der Waals surface area contributed by atoms with Crippen molar-refractivity contribution >= 4 is 40.9 Å². The Kier molecular flexibility index (Phi) is 7.28. The monoisotopic (exact) mass is 456 g/mol. The summed E-state index contributed by atoms with van der Waals surface area (Å²) >= 11 is 7.04. The van der Waals surface area contributed by atoms with Gasteiger partial charge in [-0.2, -0.15) is 0 Å². The number of esters is 1. The van der Waals surface area contributed by atoms with Crippen LogP contribution in [0.1, 0.15) is 21.5 Å². The minimum absolute atomic E-state index is 0.0188. The van der Waals surface area contributed by atoms with E-state index < -0.39 is 16.8 Å². The average Bonchev–Trinajstić information content (AvgIpc) is 2.74. The molecule has 0 bridgehead atoms. The Hall–Kier alpha value is -3.36. The maximum absolute atomic E-state index is 12.4. The van der Waals surface area contributed by atoms with E-state index in [2.05, 4.69) is 0 Å². The molecule has 3 aromatic carbocycles. The van der Waals surface area contributed by atoms with E-state index in [1.54, 1.807) is 18.2 Å². The van der Waals surface area contributed by atoms with E-state index in [0.717, 1.165) is 29.0 Å². The molecule has 7 nitrogen and oxygen atoms in total. The third-order valence-corrected chi connectivity index (χ3v) is 5.54. The highest BCUT2D eigenvalue weighted by atomic mass is 35.5. The van der Waals surface area contributed by atoms with Gasteiger partial charge in [0, 0.05) is 28.6 Å². The quantitative estimate of drug-likeness (QED) is 0.174. The number of thioether (sulfide) groups is 1. The molecule has 0 spiro atoms. The highest BCUT2D eigenvalue weighted by molar-refractivity contribution is 8.00. The lowest BCUT2D eigenvalue weighted by molar-refractivity contribution is -0.387. The second-order valence-electron chi connectivity index (χ2n) is 6.48. The first-order valence-electron chi connectivity index (χ1n) is 9.07. The smallest absolute Gasteiger partial charge is 0.321 e. The summed E-state index contributed by atoms with van der Waals surface area (Å²) < 4.78 is 5.49. The van der Waals surface area contributed by atoms with Gasteiger partial charge in [-0.05, 0) is 35.9 Å². The first-order valence-corrected chi connectivity index (χ1v) is 10.4. The molecule has 0 unspecified atom stereocenters. The molecule has 3 rings (SSSR count). The molecule has 0 atom stereocenters. The van der Waals surface area contributed by atoms with Gasteiger partial charge in [0.2, 0.25) is 5.91 Å². The summed E-state index contributed by atoms with van der Waals surface area (Å²) in [6.07, 6.45) is 0.525. The number of nitrogens with zero attached hydrogens (tertiary/aromatic N) is 1. The zero-order valence-electron chi connectivity index (χ0n) is 16.1. The summed E-state index contributed by atoms with van der Waals surface area (Å²) in [5.41, 5.74) is 6.66. The SMILES string of the molecule is NC(=O)c1ccc(SCC(=O)Oc2ccc(Cl)cc2Cc2ccccc2)c([N+](=O)[O-])c1. The van der Waals surface area contributed by atoms with E-state index in [1.807, 2.05) is 30.3 Å². The van der Waals surface area contributed by atoms with Gasteiger partial charge in [0.15, 0.2) is 0 Å². The van der Waals surface area contributed by atoms with Crippen molar-refractivity contribution in [3.63, 3.8) is 0 Å². The van der Waals surface area contributed by atoms with Crippen molar-refractivity contribution in [2.45, 2.75) is 11.3 Å². The summed E-state index contributed by atoms with van der Waals surface area (Å²) in [7, 11) is 0. The second-order valence-corrected chi connectivity index (χ2v) is 7.93. The molecule has 9 heteroatoms. The third kappa shape index (κ3) is 6.07. The molecule has 0 saturated carbocycles. The van der Waals surface area contributed by atoms with Crippen LogP contribution in [0.2, 0.25) is 5.02 Å². The summed E-state index contributed by atoms with van der Waals surface area (Å²) in [6, 6.07) is 18.5. The molecule has 0 fully saturated rings. The lowest BCUT2D eigenvalue weighted by Crippen LogP contribution is -2.13. The number of nitro groups is 1. The van der Waals surface area contributed by atoms with E-state index in [1.165, 1.54) is 12.1 Å². The van der Waals surface area contributed by atoms with Crippen LogP contribution in [0, 0.1) is 10.1 Å². The summed E-state index contributed by atoms with van der Waals surface area (Å²) in [6.45, 7) is 0. The Morgan fingerprint density at radius 1 is 1.06 bits per heavy atom. The zero-order valence-corrected chi connectivity index (χ0v) is 17.7. The maximum Gasteiger partial charge on any atom is 0.321 e. The van der Waals surface area contributed by atoms with E-state index in [9.17, 15) is 19.7 Å². The Morgan fingerprint density at radius 2 is 1.81 bits per heavy atom. The Balaban J connectivity index is 1.72. The molecular formula is C22H17ClN2O5S. The molecule has 31 heavy (non-hydrogen) atoms. The predicted molar refractivity (Wildman–Crippen MR) is 119 cm³/mol. The van der Waals surface area contributed by atoms with E-state index in [0.29, 0.717) is 17.2 Å². The zero-order chi connectivity index (χ0) is 22.4. The van der Waals surface area contributed by atoms with Gasteiger partial charge in [0.1, 0.15) is 5.75 Å². The Morgan fingerprint density at radius 3 is 2.48 bits per heavy atom. The number of primary amides is 1. The molecule has 1 amide bonds. The molecule has 0 aliphatic rings. The van der Waals surface area contributed by atoms with E-state index in [4.69, 9.17) is 22.1 Å². The van der Waals surface area contributed by atoms with Crippen molar-refractivity contribution in [1.29, 1.82) is 0 Å². The lowest BCUT2D eigenvalue weighted by Gasteiger charge is -2.11. The van der Waals surface area contributed by atoms with Crippen LogP contribution in [0.15, 0.2) is 71.6 Å². The number of hydrogen-bond acceptors (Lipinski definition) is 6. The predicted octanol–water partition coefficient (Wildman–Crippen LogP) is 4.64. The number of hydrogen-bond donors (Lipinski definition) is 1. The number of ether oxygens (including phenoxy) is 1. The van der Waals surface area contributed by atoms with Gasteiger partial charge in [-0.3, -0.25) is 19.7 Å². The normalized spacial score (nSPS) is 10.5. The van der Waals surface area contributed by atoms with Crippen molar-refractivity contribution in [3.8, 4) is 5.75 Å². The summed E-state index contributed by atoms with van der Waals surface area (Å²) in [4.78, 5) is 34.6. The van der Waals surface area contributed by atoms with Gasteiger partial charge >= 0.3 is 5.97 Å². The van der Waals surface area contributed by atoms with Crippen LogP contribution >= 0.6 is 23.4 Å². The fourth-order valence-electron chi connectivity index (χ4n) is 2.83. The van der Waals surface area contributed by atoms with Crippen LogP contribution in [0.3, 0.4) is 0 Å². The second kappa shape index (κ2) is 10.1. The number of carbonyl (C=O) groups excluding carboxylic acids is 2. The number of nitro benzene ring substituents is 1. The number of nitrogens with two attached hydrogens (primary N) is 1. The topological polar surface area (TPSA) is 113 Å². The molecule has 2 N–H and O–H groups in total. The van der Waals surface area contributed by atoms with Gasteiger partial charge in [0.05, 0.1) is 15.6 Å². The molecule has 0 radical (unpaired) electrons. The van der Waals surface area contributed by atoms with Crippen LogP contribution in [0.25, 0.3) is 0 Å².